The Bertz CT molecular complexity index is 1130. The monoisotopic (exact) mass is 378 g/mol. The molecule has 0 amide bonds. The molecule has 0 bridgehead atoms. The van der Waals surface area contributed by atoms with Crippen LogP contribution in [0.2, 0.25) is 5.02 Å². The fourth-order valence-corrected chi connectivity index (χ4v) is 3.39. The molecule has 0 aliphatic rings. The predicted molar refractivity (Wildman–Crippen MR) is 108 cm³/mol. The maximum absolute atomic E-state index is 6.49. The molecular formula is C20H19ClN6. The van der Waals surface area contributed by atoms with Crippen molar-refractivity contribution in [1.82, 2.24) is 24.7 Å². The van der Waals surface area contributed by atoms with Gasteiger partial charge in [0.05, 0.1) is 21.9 Å². The van der Waals surface area contributed by atoms with E-state index in [2.05, 4.69) is 22.0 Å². The Morgan fingerprint density at radius 1 is 1.15 bits per heavy atom. The number of pyridine rings is 1. The normalized spacial score (nSPS) is 11.2. The fraction of sp³-hybridized carbons (Fsp3) is 0.200. The molecule has 7 heteroatoms. The van der Waals surface area contributed by atoms with Crippen LogP contribution >= 0.6 is 11.6 Å². The molecule has 0 unspecified atom stereocenters. The quantitative estimate of drug-likeness (QED) is 0.573. The van der Waals surface area contributed by atoms with E-state index in [0.29, 0.717) is 16.5 Å². The van der Waals surface area contributed by atoms with Crippen molar-refractivity contribution in [2.45, 2.75) is 19.8 Å². The lowest BCUT2D eigenvalue weighted by molar-refractivity contribution is 0.769. The minimum absolute atomic E-state index is 0.440. The Morgan fingerprint density at radius 3 is 2.74 bits per heavy atom. The van der Waals surface area contributed by atoms with E-state index in [1.165, 1.54) is 0 Å². The zero-order valence-corrected chi connectivity index (χ0v) is 15.9. The highest BCUT2D eigenvalue weighted by Gasteiger charge is 2.18. The molecule has 6 nitrogen and oxygen atoms in total. The summed E-state index contributed by atoms with van der Waals surface area (Å²) in [5.74, 6) is 0.440. The summed E-state index contributed by atoms with van der Waals surface area (Å²) < 4.78 is 1.73. The Labute approximate surface area is 162 Å². The summed E-state index contributed by atoms with van der Waals surface area (Å²) in [7, 11) is 1.87. The van der Waals surface area contributed by atoms with Crippen LogP contribution in [0.15, 0.2) is 42.7 Å². The third kappa shape index (κ3) is 3.24. The van der Waals surface area contributed by atoms with E-state index in [4.69, 9.17) is 22.3 Å². The first-order valence-electron chi connectivity index (χ1n) is 8.78. The SMILES string of the molecule is CCCc1nc(-c2cc(Cl)c3ncccc3c2)c(-c2ccn(C)n2)nc1N. The smallest absolute Gasteiger partial charge is 0.146 e. The maximum atomic E-state index is 6.49. The van der Waals surface area contributed by atoms with Crippen molar-refractivity contribution >= 4 is 28.3 Å². The lowest BCUT2D eigenvalue weighted by Crippen LogP contribution is -2.06. The molecule has 0 aliphatic heterocycles. The van der Waals surface area contributed by atoms with Gasteiger partial charge in [-0.1, -0.05) is 31.0 Å². The van der Waals surface area contributed by atoms with Crippen LogP contribution in [0.1, 0.15) is 19.0 Å². The largest absolute Gasteiger partial charge is 0.382 e. The van der Waals surface area contributed by atoms with Crippen LogP contribution < -0.4 is 5.73 Å². The van der Waals surface area contributed by atoms with Crippen LogP contribution in [0.4, 0.5) is 5.82 Å². The molecule has 0 saturated carbocycles. The van der Waals surface area contributed by atoms with Crippen LogP contribution in [0.25, 0.3) is 33.5 Å². The van der Waals surface area contributed by atoms with Crippen molar-refractivity contribution in [3.8, 4) is 22.6 Å². The standard InChI is InChI=1S/C20H19ClN6/c1-3-5-16-20(22)25-19(15-7-9-27(2)26-15)18(24-16)13-10-12-6-4-8-23-17(12)14(21)11-13/h4,6-11H,3,5H2,1-2H3,(H2,22,25). The van der Waals surface area contributed by atoms with Crippen LogP contribution in [0.5, 0.6) is 0 Å². The zero-order chi connectivity index (χ0) is 19.0. The van der Waals surface area contributed by atoms with E-state index in [0.717, 1.165) is 46.4 Å². The summed E-state index contributed by atoms with van der Waals surface area (Å²) >= 11 is 6.49. The topological polar surface area (TPSA) is 82.5 Å². The highest BCUT2D eigenvalue weighted by Crippen LogP contribution is 2.34. The van der Waals surface area contributed by atoms with E-state index < -0.39 is 0 Å². The number of nitrogens with two attached hydrogens (primary N) is 1. The Morgan fingerprint density at radius 2 is 2.00 bits per heavy atom. The van der Waals surface area contributed by atoms with E-state index in [1.807, 2.05) is 43.6 Å². The molecular weight excluding hydrogens is 360 g/mol. The van der Waals surface area contributed by atoms with Crippen molar-refractivity contribution in [3.63, 3.8) is 0 Å². The van der Waals surface area contributed by atoms with Gasteiger partial charge in [0.2, 0.25) is 0 Å². The first-order chi connectivity index (χ1) is 13.1. The molecule has 4 aromatic rings. The van der Waals surface area contributed by atoms with Crippen LogP contribution in [0.3, 0.4) is 0 Å². The fourth-order valence-electron chi connectivity index (χ4n) is 3.11. The second kappa shape index (κ2) is 6.96. The third-order valence-corrected chi connectivity index (χ3v) is 4.66. The molecule has 27 heavy (non-hydrogen) atoms. The van der Waals surface area contributed by atoms with Gasteiger partial charge in [0, 0.05) is 30.4 Å². The van der Waals surface area contributed by atoms with Crippen molar-refractivity contribution in [3.05, 3.63) is 53.4 Å². The zero-order valence-electron chi connectivity index (χ0n) is 15.1. The molecule has 3 aromatic heterocycles. The van der Waals surface area contributed by atoms with E-state index in [9.17, 15) is 0 Å². The first kappa shape index (κ1) is 17.4. The maximum Gasteiger partial charge on any atom is 0.146 e. The van der Waals surface area contributed by atoms with E-state index in [1.54, 1.807) is 10.9 Å². The van der Waals surface area contributed by atoms with Gasteiger partial charge in [0.15, 0.2) is 0 Å². The summed E-state index contributed by atoms with van der Waals surface area (Å²) in [5.41, 5.74) is 10.7. The number of anilines is 1. The van der Waals surface area contributed by atoms with Crippen LogP contribution in [0, 0.1) is 0 Å². The number of rotatable bonds is 4. The Balaban J connectivity index is 1.99. The van der Waals surface area contributed by atoms with E-state index >= 15 is 0 Å². The van der Waals surface area contributed by atoms with Crippen molar-refractivity contribution in [2.75, 3.05) is 5.73 Å². The molecule has 4 rings (SSSR count). The first-order valence-corrected chi connectivity index (χ1v) is 9.15. The molecule has 0 fully saturated rings. The average molecular weight is 379 g/mol. The van der Waals surface area contributed by atoms with Crippen molar-refractivity contribution < 1.29 is 0 Å². The number of hydrogen-bond acceptors (Lipinski definition) is 5. The molecule has 0 atom stereocenters. The number of aromatic nitrogens is 5. The second-order valence-electron chi connectivity index (χ2n) is 6.41. The Hall–Kier alpha value is -2.99. The predicted octanol–water partition coefficient (Wildman–Crippen LogP) is 4.28. The van der Waals surface area contributed by atoms with Gasteiger partial charge in [-0.05, 0) is 30.7 Å². The lowest BCUT2D eigenvalue weighted by atomic mass is 10.0. The summed E-state index contributed by atoms with van der Waals surface area (Å²) in [6.45, 7) is 2.09. The number of nitrogen functional groups attached to an aromatic ring is 1. The number of aryl methyl sites for hydroxylation is 2. The summed E-state index contributed by atoms with van der Waals surface area (Å²) in [4.78, 5) is 13.8. The molecule has 3 heterocycles. The van der Waals surface area contributed by atoms with Gasteiger partial charge in [-0.25, -0.2) is 9.97 Å². The lowest BCUT2D eigenvalue weighted by Gasteiger charge is -2.12. The number of hydrogen-bond donors (Lipinski definition) is 1. The summed E-state index contributed by atoms with van der Waals surface area (Å²) in [5, 5.41) is 6.00. The molecule has 0 radical (unpaired) electrons. The number of halogens is 1. The van der Waals surface area contributed by atoms with Crippen molar-refractivity contribution in [1.29, 1.82) is 0 Å². The Kier molecular flexibility index (Phi) is 4.49. The van der Waals surface area contributed by atoms with E-state index in [-0.39, 0.29) is 0 Å². The molecule has 0 aliphatic carbocycles. The number of nitrogens with zero attached hydrogens (tertiary/aromatic N) is 5. The second-order valence-corrected chi connectivity index (χ2v) is 6.82. The summed E-state index contributed by atoms with van der Waals surface area (Å²) in [6.07, 6.45) is 5.30. The average Bonchev–Trinajstić information content (AvgIpc) is 3.09. The van der Waals surface area contributed by atoms with Gasteiger partial charge in [-0.15, -0.1) is 0 Å². The number of fused-ring (bicyclic) bond motifs is 1. The minimum atomic E-state index is 0.440. The molecule has 0 saturated heterocycles. The van der Waals surface area contributed by atoms with Crippen LogP contribution in [-0.2, 0) is 13.5 Å². The van der Waals surface area contributed by atoms with Gasteiger partial charge in [0.25, 0.3) is 0 Å². The van der Waals surface area contributed by atoms with Gasteiger partial charge in [-0.3, -0.25) is 9.67 Å². The van der Waals surface area contributed by atoms with Crippen molar-refractivity contribution in [2.24, 2.45) is 7.05 Å². The molecule has 0 spiro atoms. The highest BCUT2D eigenvalue weighted by molar-refractivity contribution is 6.35. The molecule has 1 aromatic carbocycles. The summed E-state index contributed by atoms with van der Waals surface area (Å²) in [6, 6.07) is 9.67. The minimum Gasteiger partial charge on any atom is -0.382 e. The molecule has 136 valence electrons. The van der Waals surface area contributed by atoms with Crippen LogP contribution in [-0.4, -0.2) is 24.7 Å². The molecule has 2 N–H and O–H groups in total. The van der Waals surface area contributed by atoms with Gasteiger partial charge < -0.3 is 5.73 Å². The highest BCUT2D eigenvalue weighted by atomic mass is 35.5. The van der Waals surface area contributed by atoms with Gasteiger partial charge in [0.1, 0.15) is 17.2 Å². The third-order valence-electron chi connectivity index (χ3n) is 4.37. The van der Waals surface area contributed by atoms with Gasteiger partial charge >= 0.3 is 0 Å². The van der Waals surface area contributed by atoms with Gasteiger partial charge in [-0.2, -0.15) is 5.10 Å². The number of benzene rings is 1.